The molecule has 8 heteroatoms. The lowest BCUT2D eigenvalue weighted by molar-refractivity contribution is 0.0995. The van der Waals surface area contributed by atoms with Crippen molar-refractivity contribution in [3.8, 4) is 11.5 Å². The first-order valence-electron chi connectivity index (χ1n) is 6.39. The Kier molecular flexibility index (Phi) is 5.28. The van der Waals surface area contributed by atoms with Crippen molar-refractivity contribution >= 4 is 5.91 Å². The molecule has 0 aliphatic rings. The smallest absolute Gasteiger partial charge is 0.267 e. The maximum Gasteiger partial charge on any atom is 0.267 e. The summed E-state index contributed by atoms with van der Waals surface area (Å²) in [5.74, 6) is -0.0242. The summed E-state index contributed by atoms with van der Waals surface area (Å²) < 4.78 is 10.7. The van der Waals surface area contributed by atoms with E-state index in [1.165, 1.54) is 19.4 Å². The molecule has 0 saturated carbocycles. The van der Waals surface area contributed by atoms with Gasteiger partial charge in [0, 0.05) is 29.8 Å². The highest BCUT2D eigenvalue weighted by atomic mass is 16.5. The van der Waals surface area contributed by atoms with Gasteiger partial charge in [-0.2, -0.15) is 0 Å². The molecule has 0 aliphatic carbocycles. The topological polar surface area (TPSA) is 110 Å². The predicted molar refractivity (Wildman–Crippen MR) is 77.7 cm³/mol. The Bertz CT molecular complexity index is 699. The lowest BCUT2D eigenvalue weighted by Gasteiger charge is -2.11. The molecule has 2 aromatic heterocycles. The maximum absolute atomic E-state index is 11.5. The quantitative estimate of drug-likeness (QED) is 0.462. The van der Waals surface area contributed by atoms with Gasteiger partial charge in [-0.3, -0.25) is 9.78 Å². The first-order chi connectivity index (χ1) is 10.7. The highest BCUT2D eigenvalue weighted by Crippen LogP contribution is 2.26. The molecule has 2 rings (SSSR count). The lowest BCUT2D eigenvalue weighted by Crippen LogP contribution is -2.05. The van der Waals surface area contributed by atoms with E-state index in [1.54, 1.807) is 12.4 Å². The Labute approximate surface area is 126 Å². The van der Waals surface area contributed by atoms with E-state index in [1.807, 2.05) is 12.1 Å². The van der Waals surface area contributed by atoms with Crippen LogP contribution in [0.4, 0.5) is 0 Å². The molecule has 0 N–H and O–H groups in total. The lowest BCUT2D eigenvalue weighted by atomic mass is 10.2. The van der Waals surface area contributed by atoms with Crippen molar-refractivity contribution in [2.24, 2.45) is 5.11 Å². The van der Waals surface area contributed by atoms with Crippen molar-refractivity contribution in [1.29, 1.82) is 0 Å². The van der Waals surface area contributed by atoms with E-state index in [-0.39, 0.29) is 5.69 Å². The number of hydrogen-bond donors (Lipinski definition) is 0. The summed E-state index contributed by atoms with van der Waals surface area (Å²) in [7, 11) is 1.47. The van der Waals surface area contributed by atoms with Gasteiger partial charge in [0.25, 0.3) is 5.91 Å². The minimum atomic E-state index is -0.776. The molecular formula is C14H13N5O3. The third kappa shape index (κ3) is 3.94. The van der Waals surface area contributed by atoms with E-state index in [9.17, 15) is 4.79 Å². The van der Waals surface area contributed by atoms with Crippen LogP contribution in [0, 0.1) is 0 Å². The molecule has 22 heavy (non-hydrogen) atoms. The van der Waals surface area contributed by atoms with E-state index >= 15 is 0 Å². The predicted octanol–water partition coefficient (Wildman–Crippen LogP) is 2.56. The van der Waals surface area contributed by atoms with E-state index in [4.69, 9.17) is 15.0 Å². The van der Waals surface area contributed by atoms with Crippen LogP contribution in [0.15, 0.2) is 41.9 Å². The normalized spacial score (nSPS) is 9.68. The summed E-state index contributed by atoms with van der Waals surface area (Å²) in [6.07, 6.45) is 5.45. The van der Waals surface area contributed by atoms with E-state index in [2.05, 4.69) is 20.0 Å². The average molecular weight is 299 g/mol. The average Bonchev–Trinajstić information content (AvgIpc) is 2.56. The Morgan fingerprint density at radius 2 is 2.27 bits per heavy atom. The first-order valence-corrected chi connectivity index (χ1v) is 6.39. The highest BCUT2D eigenvalue weighted by molar-refractivity contribution is 5.93. The van der Waals surface area contributed by atoms with E-state index < -0.39 is 5.91 Å². The minimum absolute atomic E-state index is 0.00465. The molecule has 0 bridgehead atoms. The number of amides is 1. The molecule has 2 heterocycles. The van der Waals surface area contributed by atoms with Crippen LogP contribution in [0.2, 0.25) is 0 Å². The summed E-state index contributed by atoms with van der Waals surface area (Å²) in [4.78, 5) is 21.8. The Balaban J connectivity index is 2.09. The summed E-state index contributed by atoms with van der Waals surface area (Å²) in [6, 6.07) is 5.18. The number of rotatable bonds is 6. The fourth-order valence-corrected chi connectivity index (χ4v) is 1.72. The zero-order valence-corrected chi connectivity index (χ0v) is 11.8. The molecule has 2 aromatic rings. The van der Waals surface area contributed by atoms with Gasteiger partial charge in [0.2, 0.25) is 0 Å². The van der Waals surface area contributed by atoms with Crippen LogP contribution in [-0.4, -0.2) is 29.6 Å². The van der Waals surface area contributed by atoms with Crippen LogP contribution in [0.3, 0.4) is 0 Å². The SMILES string of the molecule is COc1cnc(C(=O)N=[N+]=[N-])cc1OCCc1cccnc1. The van der Waals surface area contributed by atoms with Gasteiger partial charge < -0.3 is 9.47 Å². The minimum Gasteiger partial charge on any atom is -0.491 e. The molecule has 0 aliphatic heterocycles. The number of ether oxygens (including phenoxy) is 2. The fourth-order valence-electron chi connectivity index (χ4n) is 1.72. The molecule has 0 unspecified atom stereocenters. The number of carbonyl (C=O) groups is 1. The van der Waals surface area contributed by atoms with Gasteiger partial charge in [0.15, 0.2) is 11.5 Å². The van der Waals surface area contributed by atoms with Crippen molar-refractivity contribution in [2.75, 3.05) is 13.7 Å². The van der Waals surface area contributed by atoms with Crippen LogP contribution in [0.1, 0.15) is 16.1 Å². The molecule has 1 amide bonds. The van der Waals surface area contributed by atoms with Crippen LogP contribution in [0.5, 0.6) is 11.5 Å². The van der Waals surface area contributed by atoms with Gasteiger partial charge in [-0.15, -0.1) is 0 Å². The van der Waals surface area contributed by atoms with Crippen molar-refractivity contribution < 1.29 is 14.3 Å². The number of azide groups is 1. The summed E-state index contributed by atoms with van der Waals surface area (Å²) >= 11 is 0. The summed E-state index contributed by atoms with van der Waals surface area (Å²) in [5, 5.41) is 2.99. The van der Waals surface area contributed by atoms with Gasteiger partial charge >= 0.3 is 0 Å². The standard InChI is InChI=1S/C14H13N5O3/c1-21-13-9-17-11(14(20)18-19-15)7-12(13)22-6-4-10-3-2-5-16-8-10/h2-3,5,7-9H,4,6H2,1H3. The molecule has 0 fully saturated rings. The van der Waals surface area contributed by atoms with Gasteiger partial charge in [-0.25, -0.2) is 4.98 Å². The molecule has 0 aromatic carbocycles. The van der Waals surface area contributed by atoms with E-state index in [0.717, 1.165) is 5.56 Å². The molecule has 0 saturated heterocycles. The molecule has 112 valence electrons. The van der Waals surface area contributed by atoms with Crippen molar-refractivity contribution in [3.63, 3.8) is 0 Å². The summed E-state index contributed by atoms with van der Waals surface area (Å²) in [5.41, 5.74) is 9.31. The summed E-state index contributed by atoms with van der Waals surface area (Å²) in [6.45, 7) is 0.376. The molecule has 0 atom stereocenters. The highest BCUT2D eigenvalue weighted by Gasteiger charge is 2.11. The molecule has 0 radical (unpaired) electrons. The van der Waals surface area contributed by atoms with Crippen LogP contribution in [0.25, 0.3) is 10.4 Å². The Hall–Kier alpha value is -3.12. The molecular weight excluding hydrogens is 286 g/mol. The number of carbonyl (C=O) groups excluding carboxylic acids is 1. The number of nitrogens with zero attached hydrogens (tertiary/aromatic N) is 5. The maximum atomic E-state index is 11.5. The largest absolute Gasteiger partial charge is 0.491 e. The Morgan fingerprint density at radius 3 is 2.95 bits per heavy atom. The number of aromatic nitrogens is 2. The third-order valence-corrected chi connectivity index (χ3v) is 2.78. The van der Waals surface area contributed by atoms with Crippen LogP contribution < -0.4 is 9.47 Å². The van der Waals surface area contributed by atoms with Gasteiger partial charge in [-0.1, -0.05) is 6.07 Å². The second-order valence-electron chi connectivity index (χ2n) is 4.17. The first kappa shape index (κ1) is 15.3. The van der Waals surface area contributed by atoms with Crippen LogP contribution in [-0.2, 0) is 6.42 Å². The number of hydrogen-bond acceptors (Lipinski definition) is 5. The van der Waals surface area contributed by atoms with E-state index in [0.29, 0.717) is 24.5 Å². The number of methoxy groups -OCH3 is 1. The second kappa shape index (κ2) is 7.61. The molecule has 8 nitrogen and oxygen atoms in total. The molecule has 0 spiro atoms. The zero-order chi connectivity index (χ0) is 15.8. The Morgan fingerprint density at radius 1 is 1.41 bits per heavy atom. The monoisotopic (exact) mass is 299 g/mol. The van der Waals surface area contributed by atoms with Crippen molar-refractivity contribution in [2.45, 2.75) is 6.42 Å². The number of pyridine rings is 2. The zero-order valence-electron chi connectivity index (χ0n) is 11.8. The van der Waals surface area contributed by atoms with Gasteiger partial charge in [0.05, 0.1) is 19.9 Å². The third-order valence-electron chi connectivity index (χ3n) is 2.78. The van der Waals surface area contributed by atoms with Crippen molar-refractivity contribution in [1.82, 2.24) is 9.97 Å². The van der Waals surface area contributed by atoms with Gasteiger partial charge in [0.1, 0.15) is 5.69 Å². The van der Waals surface area contributed by atoms with Gasteiger partial charge in [-0.05, 0) is 22.3 Å². The van der Waals surface area contributed by atoms with Crippen LogP contribution >= 0.6 is 0 Å². The van der Waals surface area contributed by atoms with Crippen molar-refractivity contribution in [3.05, 3.63) is 58.5 Å². The second-order valence-corrected chi connectivity index (χ2v) is 4.17. The fraction of sp³-hybridized carbons (Fsp3) is 0.214.